The van der Waals surface area contributed by atoms with Crippen LogP contribution in [0.3, 0.4) is 0 Å². The second-order valence-corrected chi connectivity index (χ2v) is 6.17. The van der Waals surface area contributed by atoms with Crippen LogP contribution in [0, 0.1) is 0 Å². The number of hydrogen-bond acceptors (Lipinski definition) is 3. The van der Waals surface area contributed by atoms with Crippen LogP contribution in [0.15, 0.2) is 0 Å². The summed E-state index contributed by atoms with van der Waals surface area (Å²) in [5.74, 6) is 0. The first-order valence-electron chi connectivity index (χ1n) is 8.32. The maximum atomic E-state index is 6.23. The number of piperidine rings is 1. The van der Waals surface area contributed by atoms with Crippen LogP contribution in [0.5, 0.6) is 0 Å². The van der Waals surface area contributed by atoms with Crippen molar-refractivity contribution in [3.63, 3.8) is 0 Å². The molecule has 0 aromatic rings. The third kappa shape index (κ3) is 4.17. The first kappa shape index (κ1) is 16.9. The van der Waals surface area contributed by atoms with Gasteiger partial charge < -0.3 is 10.6 Å². The minimum Gasteiger partial charge on any atom is -0.329 e. The van der Waals surface area contributed by atoms with E-state index in [0.717, 1.165) is 6.54 Å². The number of nitrogens with zero attached hydrogens (tertiary/aromatic N) is 2. The molecule has 0 aromatic heterocycles. The van der Waals surface area contributed by atoms with Crippen LogP contribution in [0.1, 0.15) is 59.8 Å². The van der Waals surface area contributed by atoms with Gasteiger partial charge in [0.25, 0.3) is 0 Å². The molecule has 3 nitrogen and oxygen atoms in total. The molecule has 0 aliphatic carbocycles. The summed E-state index contributed by atoms with van der Waals surface area (Å²) in [6, 6.07) is 0.656. The van der Waals surface area contributed by atoms with Gasteiger partial charge in [0.2, 0.25) is 0 Å². The van der Waals surface area contributed by atoms with Gasteiger partial charge in [0.1, 0.15) is 0 Å². The third-order valence-electron chi connectivity index (χ3n) is 5.10. The fourth-order valence-electron chi connectivity index (χ4n) is 3.37. The van der Waals surface area contributed by atoms with Crippen LogP contribution in [0.2, 0.25) is 0 Å². The summed E-state index contributed by atoms with van der Waals surface area (Å²) in [5, 5.41) is 0. The van der Waals surface area contributed by atoms with E-state index >= 15 is 0 Å². The lowest BCUT2D eigenvalue weighted by atomic mass is 9.84. The van der Waals surface area contributed by atoms with Gasteiger partial charge in [-0.2, -0.15) is 0 Å². The average Bonchev–Trinajstić information content (AvgIpc) is 2.47. The Balaban J connectivity index is 2.77. The topological polar surface area (TPSA) is 32.5 Å². The SMILES string of the molecule is CCCCN(C(C)CC)C1(CN)CCN(CC)CC1. The van der Waals surface area contributed by atoms with E-state index in [1.54, 1.807) is 0 Å². The normalized spacial score (nSPS) is 21.8. The zero-order valence-electron chi connectivity index (χ0n) is 13.6. The van der Waals surface area contributed by atoms with Crippen molar-refractivity contribution < 1.29 is 0 Å². The molecule has 1 atom stereocenters. The maximum Gasteiger partial charge on any atom is 0.0358 e. The first-order valence-corrected chi connectivity index (χ1v) is 8.32. The molecule has 1 heterocycles. The molecule has 3 heteroatoms. The molecular formula is C16H35N3. The van der Waals surface area contributed by atoms with Crippen LogP contribution in [0.4, 0.5) is 0 Å². The molecule has 0 saturated carbocycles. The van der Waals surface area contributed by atoms with Crippen molar-refractivity contribution in [3.05, 3.63) is 0 Å². The zero-order chi connectivity index (χ0) is 14.3. The van der Waals surface area contributed by atoms with Crippen LogP contribution in [0.25, 0.3) is 0 Å². The lowest BCUT2D eigenvalue weighted by Gasteiger charge is -2.51. The summed E-state index contributed by atoms with van der Waals surface area (Å²) in [7, 11) is 0. The van der Waals surface area contributed by atoms with E-state index in [1.165, 1.54) is 58.3 Å². The monoisotopic (exact) mass is 269 g/mol. The highest BCUT2D eigenvalue weighted by Crippen LogP contribution is 2.31. The summed E-state index contributed by atoms with van der Waals surface area (Å²) in [6.07, 6.45) is 6.28. The quantitative estimate of drug-likeness (QED) is 0.735. The predicted octanol–water partition coefficient (Wildman–Crippen LogP) is 2.70. The molecule has 1 aliphatic rings. The summed E-state index contributed by atoms with van der Waals surface area (Å²) < 4.78 is 0. The molecule has 0 spiro atoms. The van der Waals surface area contributed by atoms with Crippen LogP contribution < -0.4 is 5.73 Å². The molecule has 1 fully saturated rings. The zero-order valence-corrected chi connectivity index (χ0v) is 13.6. The van der Waals surface area contributed by atoms with Crippen molar-refractivity contribution >= 4 is 0 Å². The van der Waals surface area contributed by atoms with E-state index in [1.807, 2.05) is 0 Å². The summed E-state index contributed by atoms with van der Waals surface area (Å²) in [4.78, 5) is 5.30. The van der Waals surface area contributed by atoms with Crippen molar-refractivity contribution in [1.82, 2.24) is 9.80 Å². The standard InChI is InChI=1S/C16H35N3/c1-5-8-11-19(15(4)6-2)16(14-17)9-12-18(7-3)13-10-16/h15H,5-14,17H2,1-4H3. The fraction of sp³-hybridized carbons (Fsp3) is 1.00. The van der Waals surface area contributed by atoms with Crippen molar-refractivity contribution in [2.24, 2.45) is 5.73 Å². The van der Waals surface area contributed by atoms with Crippen molar-refractivity contribution in [2.45, 2.75) is 71.4 Å². The maximum absolute atomic E-state index is 6.23. The molecule has 0 radical (unpaired) electrons. The van der Waals surface area contributed by atoms with Gasteiger partial charge in [-0.1, -0.05) is 27.2 Å². The number of unbranched alkanes of at least 4 members (excludes halogenated alkanes) is 1. The van der Waals surface area contributed by atoms with Crippen LogP contribution in [-0.4, -0.2) is 54.1 Å². The molecule has 1 unspecified atom stereocenters. The molecule has 1 aliphatic heterocycles. The second kappa shape index (κ2) is 8.23. The smallest absolute Gasteiger partial charge is 0.0358 e. The minimum absolute atomic E-state index is 0.260. The molecular weight excluding hydrogens is 234 g/mol. The third-order valence-corrected chi connectivity index (χ3v) is 5.10. The van der Waals surface area contributed by atoms with Gasteiger partial charge in [0.05, 0.1) is 0 Å². The minimum atomic E-state index is 0.260. The second-order valence-electron chi connectivity index (χ2n) is 6.17. The molecule has 114 valence electrons. The van der Waals surface area contributed by atoms with E-state index in [2.05, 4.69) is 37.5 Å². The number of rotatable bonds is 8. The van der Waals surface area contributed by atoms with E-state index in [9.17, 15) is 0 Å². The highest BCUT2D eigenvalue weighted by Gasteiger charge is 2.39. The van der Waals surface area contributed by atoms with Gasteiger partial charge in [0, 0.05) is 18.1 Å². The Morgan fingerprint density at radius 3 is 2.26 bits per heavy atom. The predicted molar refractivity (Wildman–Crippen MR) is 84.5 cm³/mol. The van der Waals surface area contributed by atoms with Crippen molar-refractivity contribution in [1.29, 1.82) is 0 Å². The lowest BCUT2D eigenvalue weighted by molar-refractivity contribution is 0.000121. The van der Waals surface area contributed by atoms with E-state index < -0.39 is 0 Å². The highest BCUT2D eigenvalue weighted by molar-refractivity contribution is 4.97. The first-order chi connectivity index (χ1) is 9.13. The summed E-state index contributed by atoms with van der Waals surface area (Å²) in [5.41, 5.74) is 6.49. The van der Waals surface area contributed by atoms with Gasteiger partial charge in [-0.25, -0.2) is 0 Å². The number of hydrogen-bond donors (Lipinski definition) is 1. The van der Waals surface area contributed by atoms with Crippen LogP contribution in [-0.2, 0) is 0 Å². The Morgan fingerprint density at radius 1 is 1.21 bits per heavy atom. The molecule has 0 aromatic carbocycles. The van der Waals surface area contributed by atoms with Gasteiger partial charge in [-0.15, -0.1) is 0 Å². The Kier molecular flexibility index (Phi) is 7.33. The van der Waals surface area contributed by atoms with E-state index in [-0.39, 0.29) is 5.54 Å². The van der Waals surface area contributed by atoms with Crippen LogP contribution >= 0.6 is 0 Å². The molecule has 0 bridgehead atoms. The Labute approximate surface area is 120 Å². The van der Waals surface area contributed by atoms with Crippen molar-refractivity contribution in [3.8, 4) is 0 Å². The number of nitrogens with two attached hydrogens (primary N) is 1. The molecule has 1 saturated heterocycles. The summed E-state index contributed by atoms with van der Waals surface area (Å²) >= 11 is 0. The Morgan fingerprint density at radius 2 is 1.84 bits per heavy atom. The molecule has 1 rings (SSSR count). The van der Waals surface area contributed by atoms with Crippen molar-refractivity contribution in [2.75, 3.05) is 32.7 Å². The summed E-state index contributed by atoms with van der Waals surface area (Å²) in [6.45, 7) is 14.9. The average molecular weight is 269 g/mol. The van der Waals surface area contributed by atoms with Gasteiger partial charge >= 0.3 is 0 Å². The van der Waals surface area contributed by atoms with Gasteiger partial charge in [-0.05, 0) is 58.8 Å². The van der Waals surface area contributed by atoms with E-state index in [4.69, 9.17) is 5.73 Å². The lowest BCUT2D eigenvalue weighted by Crippen LogP contribution is -2.61. The Bertz CT molecular complexity index is 234. The number of likely N-dealkylation sites (tertiary alicyclic amines) is 1. The molecule has 19 heavy (non-hydrogen) atoms. The molecule has 2 N–H and O–H groups in total. The Hall–Kier alpha value is -0.120. The largest absolute Gasteiger partial charge is 0.329 e. The highest BCUT2D eigenvalue weighted by atomic mass is 15.3. The fourth-order valence-corrected chi connectivity index (χ4v) is 3.37. The van der Waals surface area contributed by atoms with Gasteiger partial charge in [0.15, 0.2) is 0 Å². The molecule has 0 amide bonds. The van der Waals surface area contributed by atoms with E-state index in [0.29, 0.717) is 6.04 Å². The van der Waals surface area contributed by atoms with Gasteiger partial charge in [-0.3, -0.25) is 4.90 Å².